The van der Waals surface area contributed by atoms with E-state index in [2.05, 4.69) is 5.32 Å². The summed E-state index contributed by atoms with van der Waals surface area (Å²) in [7, 11) is 1.96. The van der Waals surface area contributed by atoms with Crippen molar-refractivity contribution in [3.05, 3.63) is 34.3 Å². The maximum atomic E-state index is 12.5. The smallest absolute Gasteiger partial charge is 0.253 e. The molecule has 1 fully saturated rings. The van der Waals surface area contributed by atoms with Gasteiger partial charge in [-0.1, -0.05) is 11.6 Å². The second-order valence-corrected chi connectivity index (χ2v) is 5.69. The molecule has 19 heavy (non-hydrogen) atoms. The average molecular weight is 281 g/mol. The highest BCUT2D eigenvalue weighted by Gasteiger charge is 2.24. The molecule has 0 aliphatic carbocycles. The number of aryl methyl sites for hydroxylation is 1. The first-order chi connectivity index (χ1) is 9.11. The Hall–Kier alpha value is -1.06. The van der Waals surface area contributed by atoms with E-state index in [1.165, 1.54) is 6.42 Å². The zero-order chi connectivity index (χ0) is 13.8. The Morgan fingerprint density at radius 3 is 3.00 bits per heavy atom. The van der Waals surface area contributed by atoms with Crippen molar-refractivity contribution < 1.29 is 4.79 Å². The largest absolute Gasteiger partial charge is 0.338 e. The number of amides is 1. The average Bonchev–Trinajstić information content (AvgIpc) is 2.42. The van der Waals surface area contributed by atoms with E-state index in [1.54, 1.807) is 6.07 Å². The first-order valence-electron chi connectivity index (χ1n) is 6.82. The van der Waals surface area contributed by atoms with Crippen LogP contribution in [0.3, 0.4) is 0 Å². The highest BCUT2D eigenvalue weighted by molar-refractivity contribution is 6.31. The van der Waals surface area contributed by atoms with Gasteiger partial charge in [0.2, 0.25) is 0 Å². The van der Waals surface area contributed by atoms with Crippen molar-refractivity contribution in [2.75, 3.05) is 26.7 Å². The van der Waals surface area contributed by atoms with Gasteiger partial charge in [0.25, 0.3) is 5.91 Å². The summed E-state index contributed by atoms with van der Waals surface area (Å²) >= 11 is 6.00. The molecule has 1 aliphatic heterocycles. The normalized spacial score (nSPS) is 19.5. The number of nitrogens with one attached hydrogen (secondary N) is 1. The lowest BCUT2D eigenvalue weighted by molar-refractivity contribution is 0.0674. The second-order valence-electron chi connectivity index (χ2n) is 5.28. The number of carbonyl (C=O) groups is 1. The molecule has 1 aromatic carbocycles. The molecule has 1 saturated heterocycles. The van der Waals surface area contributed by atoms with Crippen LogP contribution in [0, 0.1) is 12.8 Å². The summed E-state index contributed by atoms with van der Waals surface area (Å²) in [5.41, 5.74) is 1.70. The van der Waals surface area contributed by atoms with Gasteiger partial charge < -0.3 is 10.2 Å². The van der Waals surface area contributed by atoms with Crippen LogP contribution in [0.5, 0.6) is 0 Å². The minimum atomic E-state index is 0.126. The van der Waals surface area contributed by atoms with Gasteiger partial charge in [0.1, 0.15) is 0 Å². The van der Waals surface area contributed by atoms with Crippen LogP contribution in [-0.4, -0.2) is 37.5 Å². The number of carbonyl (C=O) groups excluding carboxylic acids is 1. The molecule has 4 heteroatoms. The van der Waals surface area contributed by atoms with Crippen molar-refractivity contribution in [1.82, 2.24) is 10.2 Å². The summed E-state index contributed by atoms with van der Waals surface area (Å²) in [5.74, 6) is 0.691. The third-order valence-electron chi connectivity index (χ3n) is 3.70. The Bertz CT molecular complexity index is 459. The fourth-order valence-electron chi connectivity index (χ4n) is 2.67. The molecule has 0 bridgehead atoms. The van der Waals surface area contributed by atoms with Crippen molar-refractivity contribution in [2.24, 2.45) is 5.92 Å². The van der Waals surface area contributed by atoms with Gasteiger partial charge in [-0.05, 0) is 63.0 Å². The monoisotopic (exact) mass is 280 g/mol. The van der Waals surface area contributed by atoms with Gasteiger partial charge in [0, 0.05) is 23.7 Å². The van der Waals surface area contributed by atoms with Gasteiger partial charge in [-0.25, -0.2) is 0 Å². The van der Waals surface area contributed by atoms with Crippen molar-refractivity contribution in [1.29, 1.82) is 0 Å². The van der Waals surface area contributed by atoms with Crippen molar-refractivity contribution >= 4 is 17.5 Å². The molecule has 0 saturated carbocycles. The molecule has 1 N–H and O–H groups in total. The number of piperidine rings is 1. The number of nitrogens with zero attached hydrogens (tertiary/aromatic N) is 1. The van der Waals surface area contributed by atoms with Crippen molar-refractivity contribution in [3.8, 4) is 0 Å². The summed E-state index contributed by atoms with van der Waals surface area (Å²) in [6.45, 7) is 4.62. The third-order valence-corrected chi connectivity index (χ3v) is 4.13. The van der Waals surface area contributed by atoms with Gasteiger partial charge >= 0.3 is 0 Å². The quantitative estimate of drug-likeness (QED) is 0.923. The molecule has 0 radical (unpaired) electrons. The highest BCUT2D eigenvalue weighted by atomic mass is 35.5. The third kappa shape index (κ3) is 3.48. The Morgan fingerprint density at radius 1 is 1.53 bits per heavy atom. The summed E-state index contributed by atoms with van der Waals surface area (Å²) in [6, 6.07) is 5.50. The molecule has 3 nitrogen and oxygen atoms in total. The lowest BCUT2D eigenvalue weighted by Gasteiger charge is -2.32. The fraction of sp³-hybridized carbons (Fsp3) is 0.533. The van der Waals surface area contributed by atoms with Crippen LogP contribution in [0.15, 0.2) is 18.2 Å². The van der Waals surface area contributed by atoms with Crippen LogP contribution in [0.25, 0.3) is 0 Å². The molecular formula is C15H21ClN2O. The molecule has 1 amide bonds. The Balaban J connectivity index is 2.08. The minimum Gasteiger partial charge on any atom is -0.338 e. The van der Waals surface area contributed by atoms with Crippen LogP contribution < -0.4 is 5.32 Å². The number of hydrogen-bond donors (Lipinski definition) is 1. The van der Waals surface area contributed by atoms with Crippen molar-refractivity contribution in [2.45, 2.75) is 19.8 Å². The van der Waals surface area contributed by atoms with E-state index < -0.39 is 0 Å². The molecule has 0 spiro atoms. The number of likely N-dealkylation sites (tertiary alicyclic amines) is 1. The summed E-state index contributed by atoms with van der Waals surface area (Å²) in [4.78, 5) is 14.4. The number of hydrogen-bond acceptors (Lipinski definition) is 2. The summed E-state index contributed by atoms with van der Waals surface area (Å²) in [5, 5.41) is 3.91. The predicted octanol–water partition coefficient (Wildman–Crippen LogP) is 2.72. The summed E-state index contributed by atoms with van der Waals surface area (Å²) < 4.78 is 0. The maximum Gasteiger partial charge on any atom is 0.253 e. The molecule has 1 atom stereocenters. The molecule has 0 aromatic heterocycles. The lowest BCUT2D eigenvalue weighted by Crippen LogP contribution is -2.42. The number of rotatable bonds is 3. The molecule has 0 unspecified atom stereocenters. The molecule has 2 rings (SSSR count). The van der Waals surface area contributed by atoms with Crippen LogP contribution in [-0.2, 0) is 0 Å². The first-order valence-corrected chi connectivity index (χ1v) is 7.19. The minimum absolute atomic E-state index is 0.126. The van der Waals surface area contributed by atoms with Gasteiger partial charge in [0.15, 0.2) is 0 Å². The number of benzene rings is 1. The van der Waals surface area contributed by atoms with Crippen LogP contribution in [0.1, 0.15) is 28.8 Å². The number of halogens is 1. The lowest BCUT2D eigenvalue weighted by atomic mass is 9.97. The van der Waals surface area contributed by atoms with Crippen LogP contribution in [0.2, 0.25) is 5.02 Å². The Kier molecular flexibility index (Phi) is 4.83. The Morgan fingerprint density at radius 2 is 2.32 bits per heavy atom. The Labute approximate surface area is 119 Å². The zero-order valence-electron chi connectivity index (χ0n) is 11.6. The van der Waals surface area contributed by atoms with E-state index in [-0.39, 0.29) is 5.91 Å². The molecule has 1 aliphatic rings. The van der Waals surface area contributed by atoms with E-state index >= 15 is 0 Å². The highest BCUT2D eigenvalue weighted by Crippen LogP contribution is 2.21. The molecule has 1 aromatic rings. The SMILES string of the molecule is CNC[C@H]1CCCN(C(=O)c2ccc(Cl)c(C)c2)C1. The van der Waals surface area contributed by atoms with E-state index in [0.717, 1.165) is 37.2 Å². The molecule has 1 heterocycles. The molecule has 104 valence electrons. The van der Waals surface area contributed by atoms with E-state index in [0.29, 0.717) is 10.9 Å². The van der Waals surface area contributed by atoms with Gasteiger partial charge in [-0.2, -0.15) is 0 Å². The van der Waals surface area contributed by atoms with E-state index in [9.17, 15) is 4.79 Å². The van der Waals surface area contributed by atoms with Crippen LogP contribution >= 0.6 is 11.6 Å². The predicted molar refractivity (Wildman–Crippen MR) is 78.7 cm³/mol. The zero-order valence-corrected chi connectivity index (χ0v) is 12.3. The fourth-order valence-corrected chi connectivity index (χ4v) is 2.78. The van der Waals surface area contributed by atoms with E-state index in [4.69, 9.17) is 11.6 Å². The maximum absolute atomic E-state index is 12.5. The first kappa shape index (κ1) is 14.4. The topological polar surface area (TPSA) is 32.3 Å². The van der Waals surface area contributed by atoms with E-state index in [1.807, 2.05) is 31.0 Å². The van der Waals surface area contributed by atoms with Gasteiger partial charge in [-0.15, -0.1) is 0 Å². The van der Waals surface area contributed by atoms with Gasteiger partial charge in [0.05, 0.1) is 0 Å². The van der Waals surface area contributed by atoms with Crippen molar-refractivity contribution in [3.63, 3.8) is 0 Å². The summed E-state index contributed by atoms with van der Waals surface area (Å²) in [6.07, 6.45) is 2.29. The van der Waals surface area contributed by atoms with Crippen LogP contribution in [0.4, 0.5) is 0 Å². The second kappa shape index (κ2) is 6.40. The van der Waals surface area contributed by atoms with Gasteiger partial charge in [-0.3, -0.25) is 4.79 Å². The standard InChI is InChI=1S/C15H21ClN2O/c1-11-8-13(5-6-14(11)16)15(19)18-7-3-4-12(10-18)9-17-2/h5-6,8,12,17H,3-4,7,9-10H2,1-2H3/t12-/m1/s1. The molecular weight excluding hydrogens is 260 g/mol.